The van der Waals surface area contributed by atoms with Gasteiger partial charge < -0.3 is 10.6 Å². The second-order valence-corrected chi connectivity index (χ2v) is 7.72. The van der Waals surface area contributed by atoms with Crippen LogP contribution in [0.2, 0.25) is 0 Å². The molecule has 0 amide bonds. The Morgan fingerprint density at radius 1 is 1.28 bits per heavy atom. The van der Waals surface area contributed by atoms with Crippen LogP contribution >= 0.6 is 0 Å². The topological polar surface area (TPSA) is 29.3 Å². The molecule has 0 spiro atoms. The van der Waals surface area contributed by atoms with Gasteiger partial charge in [-0.2, -0.15) is 0 Å². The van der Waals surface area contributed by atoms with Gasteiger partial charge in [-0.1, -0.05) is 34.1 Å². The summed E-state index contributed by atoms with van der Waals surface area (Å²) >= 11 is 0. The van der Waals surface area contributed by atoms with Gasteiger partial charge >= 0.3 is 0 Å². The van der Waals surface area contributed by atoms with Gasteiger partial charge in [0.15, 0.2) is 0 Å². The van der Waals surface area contributed by atoms with Crippen molar-refractivity contribution in [3.63, 3.8) is 0 Å². The predicted octanol–water partition coefficient (Wildman–Crippen LogP) is 3.12. The number of hydrogen-bond acceptors (Lipinski definition) is 2. The van der Waals surface area contributed by atoms with Gasteiger partial charge in [-0.25, -0.2) is 0 Å². The van der Waals surface area contributed by atoms with Gasteiger partial charge in [0, 0.05) is 19.1 Å². The first-order valence-electron chi connectivity index (χ1n) is 7.88. The summed E-state index contributed by atoms with van der Waals surface area (Å²) in [4.78, 5) is 2.68. The van der Waals surface area contributed by atoms with E-state index in [2.05, 4.69) is 32.6 Å². The molecule has 3 atom stereocenters. The SMILES string of the molecule is CC(C)C1CCN(CC2CCCC(C)(C)C2N)C1. The number of rotatable bonds is 3. The summed E-state index contributed by atoms with van der Waals surface area (Å²) in [5.41, 5.74) is 6.85. The molecule has 2 aliphatic rings. The minimum absolute atomic E-state index is 0.347. The second-order valence-electron chi connectivity index (χ2n) is 7.72. The zero-order chi connectivity index (χ0) is 13.3. The number of nitrogens with two attached hydrogens (primary N) is 1. The van der Waals surface area contributed by atoms with Gasteiger partial charge in [0.05, 0.1) is 0 Å². The summed E-state index contributed by atoms with van der Waals surface area (Å²) in [6.45, 7) is 13.3. The molecule has 2 heteroatoms. The molecule has 0 aromatic heterocycles. The van der Waals surface area contributed by atoms with E-state index in [0.717, 1.165) is 17.8 Å². The maximum Gasteiger partial charge on any atom is 0.0131 e. The molecule has 18 heavy (non-hydrogen) atoms. The Bertz CT molecular complexity index is 272. The molecule has 1 aliphatic carbocycles. The van der Waals surface area contributed by atoms with Crippen molar-refractivity contribution < 1.29 is 0 Å². The van der Waals surface area contributed by atoms with Crippen LogP contribution in [0.1, 0.15) is 53.4 Å². The van der Waals surface area contributed by atoms with Crippen LogP contribution < -0.4 is 5.73 Å². The Morgan fingerprint density at radius 3 is 2.61 bits per heavy atom. The summed E-state index contributed by atoms with van der Waals surface area (Å²) in [6.07, 6.45) is 5.41. The molecule has 2 N–H and O–H groups in total. The van der Waals surface area contributed by atoms with Crippen molar-refractivity contribution >= 4 is 0 Å². The minimum atomic E-state index is 0.347. The predicted molar refractivity (Wildman–Crippen MR) is 78.5 cm³/mol. The van der Waals surface area contributed by atoms with Gasteiger partial charge in [0.2, 0.25) is 0 Å². The molecule has 1 saturated carbocycles. The molecule has 2 fully saturated rings. The number of hydrogen-bond donors (Lipinski definition) is 1. The third kappa shape index (κ3) is 3.08. The van der Waals surface area contributed by atoms with E-state index in [1.165, 1.54) is 45.3 Å². The average Bonchev–Trinajstić information content (AvgIpc) is 2.73. The van der Waals surface area contributed by atoms with Crippen LogP contribution in [0.4, 0.5) is 0 Å². The molecule has 0 aromatic carbocycles. The Hall–Kier alpha value is -0.0800. The normalized spacial score (nSPS) is 37.3. The van der Waals surface area contributed by atoms with E-state index in [4.69, 9.17) is 5.73 Å². The van der Waals surface area contributed by atoms with Gasteiger partial charge in [0.1, 0.15) is 0 Å². The minimum Gasteiger partial charge on any atom is -0.327 e. The van der Waals surface area contributed by atoms with Gasteiger partial charge in [0.25, 0.3) is 0 Å². The van der Waals surface area contributed by atoms with Crippen LogP contribution in [0, 0.1) is 23.2 Å². The van der Waals surface area contributed by atoms with Gasteiger partial charge in [-0.05, 0) is 49.0 Å². The maximum atomic E-state index is 6.50. The summed E-state index contributed by atoms with van der Waals surface area (Å²) in [6, 6.07) is 0.393. The molecule has 1 saturated heterocycles. The first-order valence-corrected chi connectivity index (χ1v) is 7.88. The zero-order valence-electron chi connectivity index (χ0n) is 12.8. The molecule has 106 valence electrons. The monoisotopic (exact) mass is 252 g/mol. The molecule has 0 aromatic rings. The van der Waals surface area contributed by atoms with E-state index >= 15 is 0 Å². The Balaban J connectivity index is 1.86. The quantitative estimate of drug-likeness (QED) is 0.836. The lowest BCUT2D eigenvalue weighted by Gasteiger charge is -2.43. The van der Waals surface area contributed by atoms with Crippen LogP contribution in [0.3, 0.4) is 0 Å². The van der Waals surface area contributed by atoms with Crippen molar-refractivity contribution in [1.29, 1.82) is 0 Å². The first-order chi connectivity index (χ1) is 8.40. The van der Waals surface area contributed by atoms with E-state index < -0.39 is 0 Å². The van der Waals surface area contributed by atoms with Crippen molar-refractivity contribution in [3.8, 4) is 0 Å². The van der Waals surface area contributed by atoms with Crippen molar-refractivity contribution in [3.05, 3.63) is 0 Å². The summed E-state index contributed by atoms with van der Waals surface area (Å²) in [7, 11) is 0. The molecule has 0 radical (unpaired) electrons. The van der Waals surface area contributed by atoms with Gasteiger partial charge in [-0.3, -0.25) is 0 Å². The molecule has 3 unspecified atom stereocenters. The molecule has 0 bridgehead atoms. The van der Waals surface area contributed by atoms with Crippen molar-refractivity contribution in [2.24, 2.45) is 28.9 Å². The highest BCUT2D eigenvalue weighted by Crippen LogP contribution is 2.38. The average molecular weight is 252 g/mol. The lowest BCUT2D eigenvalue weighted by Crippen LogP contribution is -2.50. The largest absolute Gasteiger partial charge is 0.327 e. The summed E-state index contributed by atoms with van der Waals surface area (Å²) in [5, 5.41) is 0. The standard InChI is InChI=1S/C16H32N2/c1-12(2)13-7-9-18(10-13)11-14-6-5-8-16(3,4)15(14)17/h12-15H,5-11,17H2,1-4H3. The maximum absolute atomic E-state index is 6.50. The molecule has 1 aliphatic heterocycles. The lowest BCUT2D eigenvalue weighted by molar-refractivity contribution is 0.108. The second kappa shape index (κ2) is 5.50. The highest BCUT2D eigenvalue weighted by atomic mass is 15.1. The molecule has 2 rings (SSSR count). The van der Waals surface area contributed by atoms with Crippen LogP contribution in [-0.2, 0) is 0 Å². The van der Waals surface area contributed by atoms with E-state index in [0.29, 0.717) is 11.5 Å². The molecule has 1 heterocycles. The smallest absolute Gasteiger partial charge is 0.0131 e. The highest BCUT2D eigenvalue weighted by Gasteiger charge is 2.38. The fourth-order valence-electron chi connectivity index (χ4n) is 3.91. The molecule has 2 nitrogen and oxygen atoms in total. The van der Waals surface area contributed by atoms with Crippen molar-refractivity contribution in [1.82, 2.24) is 4.90 Å². The number of likely N-dealkylation sites (tertiary alicyclic amines) is 1. The first kappa shape index (κ1) is 14.3. The van der Waals surface area contributed by atoms with E-state index in [1.54, 1.807) is 0 Å². The van der Waals surface area contributed by atoms with E-state index in [1.807, 2.05) is 0 Å². The highest BCUT2D eigenvalue weighted by molar-refractivity contribution is 4.93. The van der Waals surface area contributed by atoms with Crippen molar-refractivity contribution in [2.45, 2.75) is 59.4 Å². The fourth-order valence-corrected chi connectivity index (χ4v) is 3.91. The van der Waals surface area contributed by atoms with Crippen molar-refractivity contribution in [2.75, 3.05) is 19.6 Å². The van der Waals surface area contributed by atoms with Gasteiger partial charge in [-0.15, -0.1) is 0 Å². The Labute approximate surface area is 113 Å². The van der Waals surface area contributed by atoms with Crippen LogP contribution in [-0.4, -0.2) is 30.6 Å². The number of nitrogens with zero attached hydrogens (tertiary/aromatic N) is 1. The third-order valence-corrected chi connectivity index (χ3v) is 5.55. The molecular weight excluding hydrogens is 220 g/mol. The van der Waals surface area contributed by atoms with Crippen LogP contribution in [0.25, 0.3) is 0 Å². The lowest BCUT2D eigenvalue weighted by atomic mass is 9.68. The van der Waals surface area contributed by atoms with Crippen LogP contribution in [0.15, 0.2) is 0 Å². The third-order valence-electron chi connectivity index (χ3n) is 5.55. The molecular formula is C16H32N2. The summed E-state index contributed by atoms with van der Waals surface area (Å²) in [5.74, 6) is 2.48. The van der Waals surface area contributed by atoms with Crippen LogP contribution in [0.5, 0.6) is 0 Å². The summed E-state index contributed by atoms with van der Waals surface area (Å²) < 4.78 is 0. The Kier molecular flexibility index (Phi) is 4.38. The fraction of sp³-hybridized carbons (Fsp3) is 1.00. The van der Waals surface area contributed by atoms with E-state index in [9.17, 15) is 0 Å². The van der Waals surface area contributed by atoms with E-state index in [-0.39, 0.29) is 0 Å². The zero-order valence-corrected chi connectivity index (χ0v) is 12.8. The Morgan fingerprint density at radius 2 is 2.00 bits per heavy atom.